The summed E-state index contributed by atoms with van der Waals surface area (Å²) in [6, 6.07) is 28.3. The van der Waals surface area contributed by atoms with Crippen LogP contribution in [0.15, 0.2) is 137 Å². The topological polar surface area (TPSA) is 436 Å². The van der Waals surface area contributed by atoms with Gasteiger partial charge in [-0.1, -0.05) is 72.1 Å². The highest BCUT2D eigenvalue weighted by atomic mass is 35.5. The Morgan fingerprint density at radius 3 is 0.714 bits per heavy atom. The van der Waals surface area contributed by atoms with Crippen molar-refractivity contribution >= 4 is 140 Å². The number of nitrogens with zero attached hydrogens (tertiary/aromatic N) is 8. The Labute approximate surface area is 472 Å². The standard InChI is InChI=1S/2C22H30Cl2N10.C2H4ClNO.C2H4O2/c2*23-15-5-9-17(10-6-15)31-21(27)33-19(25)29-13-3-1-2-4-14-30-20(26)34-22(28)32-18-11-7-16(24)8-12-18;3-1-2(4)5;1-2(3)4/h2*5-12H,1-4,13-14H2,(H5,25,27,29,31,33)(H5,26,28,30,32,34);1H2,(H2,4,5);1H3,(H,3,4). The zero-order valence-electron chi connectivity index (χ0n) is 42.4. The van der Waals surface area contributed by atoms with Gasteiger partial charge in [-0.3, -0.25) is 29.6 Å². The first-order chi connectivity index (χ1) is 36.6. The second-order valence-electron chi connectivity index (χ2n) is 15.4. The summed E-state index contributed by atoms with van der Waals surface area (Å²) in [4.78, 5) is 51.4. The van der Waals surface area contributed by atoms with E-state index in [2.05, 4.69) is 66.9 Å². The number of nitrogens with two attached hydrogens (primary N) is 9. The summed E-state index contributed by atoms with van der Waals surface area (Å²) in [5.74, 6) is -0.268. The summed E-state index contributed by atoms with van der Waals surface area (Å²) < 4.78 is 0. The largest absolute Gasteiger partial charge is 0.481 e. The highest BCUT2D eigenvalue weighted by molar-refractivity contribution is 6.31. The SMILES string of the molecule is CC(=O)O.NC(=NCCCCCCN=C(N)N=C(N)Nc1ccc(Cl)cc1)N=C(N)Nc1ccc(Cl)cc1.NC(=NCCCCCCN=C(N)N=C(N)Nc1ccc(Cl)cc1)N=C(N)Nc1ccc(Cl)cc1.NC(=O)CCl. The van der Waals surface area contributed by atoms with Gasteiger partial charge in [0.05, 0.1) is 0 Å². The number of carboxylic acids is 1. The van der Waals surface area contributed by atoms with Crippen molar-refractivity contribution in [3.8, 4) is 0 Å². The van der Waals surface area contributed by atoms with Gasteiger partial charge in [0.25, 0.3) is 5.97 Å². The highest BCUT2D eigenvalue weighted by Crippen LogP contribution is 2.16. The van der Waals surface area contributed by atoms with Crippen LogP contribution >= 0.6 is 58.0 Å². The molecule has 0 spiro atoms. The molecule has 29 heteroatoms. The van der Waals surface area contributed by atoms with Crippen LogP contribution in [0.2, 0.25) is 20.1 Å². The number of guanidine groups is 8. The molecule has 4 aromatic rings. The Morgan fingerprint density at radius 2 is 0.558 bits per heavy atom. The molecule has 23 N–H and O–H groups in total. The molecular weight excluding hydrogens is 1100 g/mol. The Bertz CT molecular complexity index is 2280. The van der Waals surface area contributed by atoms with Crippen molar-refractivity contribution < 1.29 is 14.7 Å². The van der Waals surface area contributed by atoms with Crippen molar-refractivity contribution in [2.24, 2.45) is 91.5 Å². The number of halogens is 5. The molecule has 4 rings (SSSR count). The number of carbonyl (C=O) groups is 2. The predicted molar refractivity (Wildman–Crippen MR) is 323 cm³/mol. The van der Waals surface area contributed by atoms with E-state index in [9.17, 15) is 4.79 Å². The number of alkyl halides is 1. The monoisotopic (exact) mass is 1160 g/mol. The predicted octanol–water partition coefficient (Wildman–Crippen LogP) is 6.47. The minimum absolute atomic E-state index is 0.0833. The molecule has 0 unspecified atom stereocenters. The molecule has 0 heterocycles. The van der Waals surface area contributed by atoms with Gasteiger partial charge in [0, 0.05) is 75.9 Å². The molecule has 0 aliphatic carbocycles. The Morgan fingerprint density at radius 1 is 0.390 bits per heavy atom. The van der Waals surface area contributed by atoms with E-state index in [1.807, 2.05) is 0 Å². The lowest BCUT2D eigenvalue weighted by Crippen LogP contribution is -2.26. The zero-order valence-corrected chi connectivity index (χ0v) is 46.1. The summed E-state index contributed by atoms with van der Waals surface area (Å²) in [5.41, 5.74) is 54.0. The first kappa shape index (κ1) is 67.2. The van der Waals surface area contributed by atoms with Crippen LogP contribution in [0.3, 0.4) is 0 Å². The number of unbranched alkanes of at least 4 members (excludes halogenated alkanes) is 6. The van der Waals surface area contributed by atoms with E-state index < -0.39 is 11.9 Å². The lowest BCUT2D eigenvalue weighted by Gasteiger charge is -2.05. The fraction of sp³-hybridized carbons (Fsp3) is 0.292. The number of hydrogen-bond acceptors (Lipinski definition) is 6. The van der Waals surface area contributed by atoms with Crippen LogP contribution in [-0.4, -0.2) is 96.7 Å². The lowest BCUT2D eigenvalue weighted by molar-refractivity contribution is -0.134. The number of amides is 1. The fourth-order valence-electron chi connectivity index (χ4n) is 5.40. The molecule has 0 bridgehead atoms. The number of benzene rings is 4. The number of aliphatic carboxylic acids is 1. The van der Waals surface area contributed by atoms with E-state index in [0.29, 0.717) is 46.3 Å². The number of anilines is 4. The Balaban J connectivity index is 0.000000664. The van der Waals surface area contributed by atoms with E-state index in [4.69, 9.17) is 114 Å². The first-order valence-electron chi connectivity index (χ1n) is 23.3. The molecule has 77 heavy (non-hydrogen) atoms. The smallest absolute Gasteiger partial charge is 0.300 e. The first-order valence-corrected chi connectivity index (χ1v) is 25.4. The van der Waals surface area contributed by atoms with Crippen LogP contribution < -0.4 is 72.9 Å². The molecule has 24 nitrogen and oxygen atoms in total. The number of hydrogen-bond donors (Lipinski definition) is 14. The normalized spacial score (nSPS) is 12.4. The van der Waals surface area contributed by atoms with Crippen molar-refractivity contribution in [2.45, 2.75) is 58.3 Å². The maximum atomic E-state index is 9.46. The van der Waals surface area contributed by atoms with Crippen LogP contribution in [0.25, 0.3) is 0 Å². The van der Waals surface area contributed by atoms with Gasteiger partial charge in [0.15, 0.2) is 0 Å². The van der Waals surface area contributed by atoms with Crippen LogP contribution in [-0.2, 0) is 9.59 Å². The number of primary amides is 1. The third-order valence-electron chi connectivity index (χ3n) is 8.77. The van der Waals surface area contributed by atoms with Crippen molar-refractivity contribution in [1.82, 2.24) is 0 Å². The maximum absolute atomic E-state index is 9.46. The number of rotatable bonds is 19. The van der Waals surface area contributed by atoms with E-state index in [1.54, 1.807) is 97.1 Å². The molecule has 0 aliphatic heterocycles. The highest BCUT2D eigenvalue weighted by Gasteiger charge is 2.02. The zero-order chi connectivity index (χ0) is 57.4. The van der Waals surface area contributed by atoms with E-state index in [-0.39, 0.29) is 53.6 Å². The molecular formula is C48H68Cl5N21O3. The van der Waals surface area contributed by atoms with Gasteiger partial charge in [-0.05, 0) is 123 Å². The van der Waals surface area contributed by atoms with E-state index >= 15 is 0 Å². The summed E-state index contributed by atoms with van der Waals surface area (Å²) in [6.07, 6.45) is 7.37. The van der Waals surface area contributed by atoms with Gasteiger partial charge in [0.1, 0.15) is 5.88 Å². The average Bonchev–Trinajstić information content (AvgIpc) is 3.36. The Kier molecular flexibility index (Phi) is 35.4. The van der Waals surface area contributed by atoms with Gasteiger partial charge in [-0.2, -0.15) is 20.0 Å². The molecule has 0 aromatic heterocycles. The van der Waals surface area contributed by atoms with Crippen molar-refractivity contribution in [1.29, 1.82) is 0 Å². The number of carbonyl (C=O) groups excluding carboxylic acids is 1. The van der Waals surface area contributed by atoms with Crippen molar-refractivity contribution in [3.63, 3.8) is 0 Å². The number of aliphatic imine (C=N–C) groups is 8. The van der Waals surface area contributed by atoms with Crippen molar-refractivity contribution in [3.05, 3.63) is 117 Å². The van der Waals surface area contributed by atoms with Crippen molar-refractivity contribution in [2.75, 3.05) is 53.3 Å². The molecule has 4 aromatic carbocycles. The van der Waals surface area contributed by atoms with Crippen LogP contribution in [0.5, 0.6) is 0 Å². The van der Waals surface area contributed by atoms with Gasteiger partial charge in [-0.15, -0.1) is 11.6 Å². The summed E-state index contributed by atoms with van der Waals surface area (Å²) >= 11 is 28.3. The maximum Gasteiger partial charge on any atom is 0.300 e. The quantitative estimate of drug-likeness (QED) is 0.0207. The molecule has 1 amide bonds. The minimum atomic E-state index is -0.833. The second-order valence-corrected chi connectivity index (χ2v) is 17.4. The van der Waals surface area contributed by atoms with Gasteiger partial charge < -0.3 is 78.0 Å². The Hall–Kier alpha value is -7.77. The van der Waals surface area contributed by atoms with Gasteiger partial charge in [-0.25, -0.2) is 0 Å². The van der Waals surface area contributed by atoms with Crippen LogP contribution in [0.1, 0.15) is 58.3 Å². The van der Waals surface area contributed by atoms with Crippen LogP contribution in [0, 0.1) is 0 Å². The van der Waals surface area contributed by atoms with E-state index in [0.717, 1.165) is 81.0 Å². The van der Waals surface area contributed by atoms with Gasteiger partial charge >= 0.3 is 0 Å². The summed E-state index contributed by atoms with van der Waals surface area (Å²) in [7, 11) is 0. The number of carboxylic acid groups (broad SMARTS) is 1. The van der Waals surface area contributed by atoms with E-state index in [1.165, 1.54) is 0 Å². The minimum Gasteiger partial charge on any atom is -0.481 e. The van der Waals surface area contributed by atoms with Crippen LogP contribution in [0.4, 0.5) is 22.7 Å². The average molecular weight is 1160 g/mol. The third-order valence-corrected chi connectivity index (χ3v) is 10.0. The second kappa shape index (κ2) is 40.5. The molecule has 0 saturated heterocycles. The third kappa shape index (κ3) is 38.4. The van der Waals surface area contributed by atoms with Gasteiger partial charge in [0.2, 0.25) is 53.6 Å². The number of nitrogens with one attached hydrogen (secondary N) is 4. The summed E-state index contributed by atoms with van der Waals surface area (Å²) in [6.45, 7) is 3.33. The summed E-state index contributed by atoms with van der Waals surface area (Å²) in [5, 5.41) is 21.6. The molecule has 0 saturated carbocycles. The molecule has 0 fully saturated rings. The molecule has 0 radical (unpaired) electrons. The lowest BCUT2D eigenvalue weighted by atomic mass is 10.2. The molecule has 418 valence electrons. The molecule has 0 atom stereocenters. The fourth-order valence-corrected chi connectivity index (χ4v) is 5.90. The molecule has 0 aliphatic rings.